The van der Waals surface area contributed by atoms with Gasteiger partial charge in [0, 0.05) is 12.2 Å². The van der Waals surface area contributed by atoms with Crippen molar-refractivity contribution in [1.29, 1.82) is 0 Å². The summed E-state index contributed by atoms with van der Waals surface area (Å²) >= 11 is 0. The molecule has 1 heterocycles. The Balaban J connectivity index is 1.67. The number of nitrogen functional groups attached to an aromatic ring is 2. The van der Waals surface area contributed by atoms with E-state index in [9.17, 15) is 9.18 Å². The van der Waals surface area contributed by atoms with Gasteiger partial charge in [0.15, 0.2) is 0 Å². The largest absolute Gasteiger partial charge is 0.394 e. The lowest BCUT2D eigenvalue weighted by Gasteiger charge is -2.57. The zero-order valence-electron chi connectivity index (χ0n) is 12.9. The maximum atomic E-state index is 14.8. The first-order valence-corrected chi connectivity index (χ1v) is 8.15. The molecule has 4 fully saturated rings. The monoisotopic (exact) mass is 319 g/mol. The molecule has 4 aliphatic rings. The van der Waals surface area contributed by atoms with Gasteiger partial charge in [-0.05, 0) is 49.9 Å². The predicted molar refractivity (Wildman–Crippen MR) is 86.4 cm³/mol. The third-order valence-corrected chi connectivity index (χ3v) is 5.92. The molecule has 5 rings (SSSR count). The minimum atomic E-state index is -0.996. The highest BCUT2D eigenvalue weighted by molar-refractivity contribution is 6.02. The van der Waals surface area contributed by atoms with Gasteiger partial charge in [0.05, 0.1) is 16.9 Å². The van der Waals surface area contributed by atoms with Crippen molar-refractivity contribution >= 4 is 23.1 Å². The van der Waals surface area contributed by atoms with Crippen LogP contribution in [0, 0.1) is 17.8 Å². The number of nitrogens with two attached hydrogens (primary N) is 3. The second-order valence-electron chi connectivity index (χ2n) is 7.50. The average Bonchev–Trinajstić information content (AvgIpc) is 2.45. The SMILES string of the molecule is NC(=O)c1cnc(N)c(N)c1NC1C2CC3CC1CC(F)(C3)C2. The first kappa shape index (κ1) is 14.5. The summed E-state index contributed by atoms with van der Waals surface area (Å²) in [5.41, 5.74) is 17.2. The van der Waals surface area contributed by atoms with Gasteiger partial charge in [-0.1, -0.05) is 0 Å². The second-order valence-corrected chi connectivity index (χ2v) is 7.50. The van der Waals surface area contributed by atoms with Crippen LogP contribution in [0.1, 0.15) is 42.5 Å². The number of halogens is 1. The van der Waals surface area contributed by atoms with E-state index in [0.29, 0.717) is 30.9 Å². The molecule has 1 amide bonds. The number of anilines is 3. The first-order chi connectivity index (χ1) is 10.9. The number of nitrogens with one attached hydrogen (secondary N) is 1. The molecular formula is C16H22FN5O. The molecule has 7 N–H and O–H groups in total. The van der Waals surface area contributed by atoms with Crippen molar-refractivity contribution in [2.24, 2.45) is 23.5 Å². The number of aromatic nitrogens is 1. The highest BCUT2D eigenvalue weighted by atomic mass is 19.1. The van der Waals surface area contributed by atoms with Crippen molar-refractivity contribution in [3.63, 3.8) is 0 Å². The minimum absolute atomic E-state index is 0.109. The molecule has 2 atom stereocenters. The molecule has 0 aromatic carbocycles. The van der Waals surface area contributed by atoms with Crippen molar-refractivity contribution in [2.45, 2.75) is 43.8 Å². The lowest BCUT2D eigenvalue weighted by molar-refractivity contribution is -0.0800. The normalized spacial score (nSPS) is 37.8. The van der Waals surface area contributed by atoms with Crippen LogP contribution in [0.15, 0.2) is 6.20 Å². The van der Waals surface area contributed by atoms with Gasteiger partial charge in [-0.25, -0.2) is 9.37 Å². The maximum Gasteiger partial charge on any atom is 0.252 e. The Hall–Kier alpha value is -2.05. The first-order valence-electron chi connectivity index (χ1n) is 8.15. The Kier molecular flexibility index (Phi) is 2.98. The number of hydrogen-bond donors (Lipinski definition) is 4. The highest BCUT2D eigenvalue weighted by Crippen LogP contribution is 2.58. The van der Waals surface area contributed by atoms with E-state index in [1.165, 1.54) is 6.20 Å². The molecule has 0 aliphatic heterocycles. The number of carbonyl (C=O) groups is 1. The molecule has 6 nitrogen and oxygen atoms in total. The van der Waals surface area contributed by atoms with Crippen molar-refractivity contribution < 1.29 is 9.18 Å². The van der Waals surface area contributed by atoms with Crippen LogP contribution in [0.3, 0.4) is 0 Å². The predicted octanol–water partition coefficient (Wildman–Crippen LogP) is 1.67. The zero-order valence-corrected chi connectivity index (χ0v) is 12.9. The fourth-order valence-corrected chi connectivity index (χ4v) is 5.21. The molecule has 1 aromatic rings. The summed E-state index contributed by atoms with van der Waals surface area (Å²) in [6, 6.07) is 0.109. The van der Waals surface area contributed by atoms with Crippen molar-refractivity contribution in [1.82, 2.24) is 4.98 Å². The molecule has 7 heteroatoms. The van der Waals surface area contributed by atoms with Crippen LogP contribution in [-0.4, -0.2) is 22.6 Å². The van der Waals surface area contributed by atoms with Gasteiger partial charge in [0.25, 0.3) is 5.91 Å². The molecule has 23 heavy (non-hydrogen) atoms. The summed E-state index contributed by atoms with van der Waals surface area (Å²) in [4.78, 5) is 15.6. The number of pyridine rings is 1. The van der Waals surface area contributed by atoms with Gasteiger partial charge in [-0.2, -0.15) is 0 Å². The van der Waals surface area contributed by atoms with Gasteiger partial charge in [0.2, 0.25) is 0 Å². The van der Waals surface area contributed by atoms with Crippen LogP contribution < -0.4 is 22.5 Å². The van der Waals surface area contributed by atoms with Gasteiger partial charge >= 0.3 is 0 Å². The number of primary amides is 1. The molecular weight excluding hydrogens is 297 g/mol. The molecule has 4 bridgehead atoms. The van der Waals surface area contributed by atoms with Crippen LogP contribution in [0.4, 0.5) is 21.6 Å². The van der Waals surface area contributed by atoms with E-state index >= 15 is 0 Å². The number of hydrogen-bond acceptors (Lipinski definition) is 5. The number of nitrogens with zero attached hydrogens (tertiary/aromatic N) is 1. The summed E-state index contributed by atoms with van der Waals surface area (Å²) < 4.78 is 14.8. The van der Waals surface area contributed by atoms with Crippen LogP contribution in [0.5, 0.6) is 0 Å². The van der Waals surface area contributed by atoms with Crippen LogP contribution >= 0.6 is 0 Å². The van der Waals surface area contributed by atoms with Crippen molar-refractivity contribution in [2.75, 3.05) is 16.8 Å². The number of carbonyl (C=O) groups excluding carboxylic acids is 1. The van der Waals surface area contributed by atoms with Gasteiger partial charge < -0.3 is 22.5 Å². The summed E-state index contributed by atoms with van der Waals surface area (Å²) in [5.74, 6) is 0.591. The van der Waals surface area contributed by atoms with E-state index < -0.39 is 11.6 Å². The maximum absolute atomic E-state index is 14.8. The van der Waals surface area contributed by atoms with E-state index in [1.807, 2.05) is 0 Å². The fraction of sp³-hybridized carbons (Fsp3) is 0.625. The second kappa shape index (κ2) is 4.72. The Morgan fingerprint density at radius 3 is 2.48 bits per heavy atom. The lowest BCUT2D eigenvalue weighted by atomic mass is 9.53. The average molecular weight is 319 g/mol. The molecule has 0 radical (unpaired) electrons. The quantitative estimate of drug-likeness (QED) is 0.675. The van der Waals surface area contributed by atoms with Gasteiger partial charge in [0.1, 0.15) is 11.5 Å². The Labute approximate surface area is 134 Å². The molecule has 4 aliphatic carbocycles. The Morgan fingerprint density at radius 1 is 1.26 bits per heavy atom. The summed E-state index contributed by atoms with van der Waals surface area (Å²) in [5, 5.41) is 3.39. The number of alkyl halides is 1. The van der Waals surface area contributed by atoms with E-state index in [1.54, 1.807) is 0 Å². The smallest absolute Gasteiger partial charge is 0.252 e. The van der Waals surface area contributed by atoms with E-state index in [0.717, 1.165) is 12.8 Å². The molecule has 2 unspecified atom stereocenters. The molecule has 124 valence electrons. The van der Waals surface area contributed by atoms with Crippen LogP contribution in [0.25, 0.3) is 0 Å². The third-order valence-electron chi connectivity index (χ3n) is 5.92. The van der Waals surface area contributed by atoms with Gasteiger partial charge in [-0.15, -0.1) is 0 Å². The van der Waals surface area contributed by atoms with Crippen molar-refractivity contribution in [3.05, 3.63) is 11.8 Å². The molecule has 0 spiro atoms. The molecule has 0 saturated heterocycles. The van der Waals surface area contributed by atoms with Crippen LogP contribution in [0.2, 0.25) is 0 Å². The Bertz CT molecular complexity index is 663. The number of amides is 1. The van der Waals surface area contributed by atoms with Crippen LogP contribution in [-0.2, 0) is 0 Å². The highest BCUT2D eigenvalue weighted by Gasteiger charge is 2.56. The summed E-state index contributed by atoms with van der Waals surface area (Å²) in [6.07, 6.45) is 5.30. The Morgan fingerprint density at radius 2 is 1.91 bits per heavy atom. The van der Waals surface area contributed by atoms with E-state index in [-0.39, 0.29) is 34.9 Å². The number of rotatable bonds is 3. The van der Waals surface area contributed by atoms with E-state index in [2.05, 4.69) is 10.3 Å². The summed E-state index contributed by atoms with van der Waals surface area (Å²) in [6.45, 7) is 0. The fourth-order valence-electron chi connectivity index (χ4n) is 5.21. The van der Waals surface area contributed by atoms with Gasteiger partial charge in [-0.3, -0.25) is 4.79 Å². The minimum Gasteiger partial charge on any atom is -0.394 e. The lowest BCUT2D eigenvalue weighted by Crippen LogP contribution is -2.57. The molecule has 4 saturated carbocycles. The van der Waals surface area contributed by atoms with E-state index in [4.69, 9.17) is 17.2 Å². The summed E-state index contributed by atoms with van der Waals surface area (Å²) in [7, 11) is 0. The third kappa shape index (κ3) is 2.21. The zero-order chi connectivity index (χ0) is 16.4. The standard InChI is InChI=1S/C16H22FN5O/c17-16-3-7-1-8(4-16)12(9(2-7)5-16)22-13-10(15(20)23)6-21-14(19)11(13)18/h6-9,12H,1-5,18H2,(H2,20,23)(H3,19,21,22). The molecule has 1 aromatic heterocycles. The topological polar surface area (TPSA) is 120 Å². The van der Waals surface area contributed by atoms with Crippen molar-refractivity contribution in [3.8, 4) is 0 Å².